The predicted octanol–water partition coefficient (Wildman–Crippen LogP) is 2.61. The molecule has 1 aromatic heterocycles. The van der Waals surface area contributed by atoms with Gasteiger partial charge in [-0.05, 0) is 43.7 Å². The molecule has 1 aromatic carbocycles. The largest absolute Gasteiger partial charge is 0.379 e. The number of para-hydroxylation sites is 1. The fraction of sp³-hybridized carbons (Fsp3) is 0.526. The zero-order valence-corrected chi connectivity index (χ0v) is 14.7. The molecule has 1 aliphatic carbocycles. The van der Waals surface area contributed by atoms with Gasteiger partial charge in [0.15, 0.2) is 5.96 Å². The predicted molar refractivity (Wildman–Crippen MR) is 99.6 cm³/mol. The highest BCUT2D eigenvalue weighted by Gasteiger charge is 2.20. The zero-order chi connectivity index (χ0) is 16.8. The number of ether oxygens (including phenoxy) is 1. The monoisotopic (exact) mass is 328 g/mol. The van der Waals surface area contributed by atoms with Crippen LogP contribution in [0.15, 0.2) is 29.3 Å². The molecular weight excluding hydrogens is 300 g/mol. The lowest BCUT2D eigenvalue weighted by Crippen LogP contribution is -2.39. The van der Waals surface area contributed by atoms with Gasteiger partial charge in [0.05, 0.1) is 6.61 Å². The molecule has 3 rings (SSSR count). The van der Waals surface area contributed by atoms with Crippen molar-refractivity contribution in [1.82, 2.24) is 15.6 Å². The molecule has 24 heavy (non-hydrogen) atoms. The number of rotatable bonds is 8. The van der Waals surface area contributed by atoms with Gasteiger partial charge in [0.1, 0.15) is 0 Å². The van der Waals surface area contributed by atoms with E-state index in [1.165, 1.54) is 35.0 Å². The van der Waals surface area contributed by atoms with E-state index in [0.29, 0.717) is 0 Å². The Morgan fingerprint density at radius 1 is 1.25 bits per heavy atom. The lowest BCUT2D eigenvalue weighted by molar-refractivity contribution is 0.129. The van der Waals surface area contributed by atoms with Crippen LogP contribution in [0.4, 0.5) is 0 Å². The molecule has 1 fully saturated rings. The molecule has 5 heteroatoms. The average Bonchev–Trinajstić information content (AvgIpc) is 3.36. The molecule has 130 valence electrons. The maximum atomic E-state index is 5.63. The third-order valence-corrected chi connectivity index (χ3v) is 4.51. The van der Waals surface area contributed by atoms with Gasteiger partial charge in [0, 0.05) is 43.3 Å². The van der Waals surface area contributed by atoms with E-state index in [1.54, 1.807) is 7.05 Å². The number of nitrogens with zero attached hydrogens (tertiary/aromatic N) is 1. The first-order valence-corrected chi connectivity index (χ1v) is 8.86. The topological polar surface area (TPSA) is 61.4 Å². The number of benzene rings is 1. The van der Waals surface area contributed by atoms with Gasteiger partial charge in [0.25, 0.3) is 0 Å². The third-order valence-electron chi connectivity index (χ3n) is 4.51. The molecule has 5 nitrogen and oxygen atoms in total. The van der Waals surface area contributed by atoms with Crippen molar-refractivity contribution in [3.05, 3.63) is 35.5 Å². The number of nitrogens with one attached hydrogen (secondary N) is 3. The Balaban J connectivity index is 1.41. The number of aromatic nitrogens is 1. The quantitative estimate of drug-likeness (QED) is 0.396. The summed E-state index contributed by atoms with van der Waals surface area (Å²) in [5, 5.41) is 8.00. The number of hydrogen-bond donors (Lipinski definition) is 3. The molecule has 1 saturated carbocycles. The Hall–Kier alpha value is -2.01. The first-order valence-electron chi connectivity index (χ1n) is 8.86. The van der Waals surface area contributed by atoms with Crippen LogP contribution in [0.25, 0.3) is 10.9 Å². The third kappa shape index (κ3) is 4.51. The van der Waals surface area contributed by atoms with Crippen LogP contribution in [-0.2, 0) is 11.2 Å². The van der Waals surface area contributed by atoms with Crippen LogP contribution >= 0.6 is 0 Å². The van der Waals surface area contributed by atoms with Gasteiger partial charge < -0.3 is 20.4 Å². The molecule has 0 atom stereocenters. The normalized spacial score (nSPS) is 15.0. The van der Waals surface area contributed by atoms with Crippen LogP contribution < -0.4 is 10.6 Å². The molecule has 0 saturated heterocycles. The average molecular weight is 328 g/mol. The van der Waals surface area contributed by atoms with Crippen molar-refractivity contribution in [3.8, 4) is 0 Å². The van der Waals surface area contributed by atoms with Crippen molar-refractivity contribution in [2.75, 3.05) is 33.4 Å². The standard InChI is InChI=1S/C19H28N4O/c1-14-16(17-5-3-4-6-18(17)23-14)9-10-21-19(20-2)22-11-12-24-13-15-7-8-15/h3-6,15,23H,7-13H2,1-2H3,(H2,20,21,22). The van der Waals surface area contributed by atoms with Gasteiger partial charge in [-0.2, -0.15) is 0 Å². The number of H-pyrrole nitrogens is 1. The highest BCUT2D eigenvalue weighted by molar-refractivity contribution is 5.84. The summed E-state index contributed by atoms with van der Waals surface area (Å²) in [6.07, 6.45) is 3.64. The molecule has 1 aliphatic rings. The van der Waals surface area contributed by atoms with Gasteiger partial charge in [-0.3, -0.25) is 4.99 Å². The summed E-state index contributed by atoms with van der Waals surface area (Å²) < 4.78 is 5.63. The summed E-state index contributed by atoms with van der Waals surface area (Å²) in [5.74, 6) is 1.66. The fourth-order valence-corrected chi connectivity index (χ4v) is 2.96. The van der Waals surface area contributed by atoms with E-state index >= 15 is 0 Å². The second kappa shape index (κ2) is 8.20. The molecule has 0 radical (unpaired) electrons. The Morgan fingerprint density at radius 3 is 2.83 bits per heavy atom. The van der Waals surface area contributed by atoms with Crippen LogP contribution in [0, 0.1) is 12.8 Å². The van der Waals surface area contributed by atoms with Gasteiger partial charge in [-0.25, -0.2) is 0 Å². The van der Waals surface area contributed by atoms with Crippen LogP contribution in [0.1, 0.15) is 24.1 Å². The Bertz CT molecular complexity index is 688. The summed E-state index contributed by atoms with van der Waals surface area (Å²) >= 11 is 0. The minimum absolute atomic E-state index is 0.735. The van der Waals surface area contributed by atoms with Crippen molar-refractivity contribution in [3.63, 3.8) is 0 Å². The first-order chi connectivity index (χ1) is 11.8. The van der Waals surface area contributed by atoms with Gasteiger partial charge in [-0.1, -0.05) is 18.2 Å². The molecule has 0 aliphatic heterocycles. The van der Waals surface area contributed by atoms with E-state index in [9.17, 15) is 0 Å². The first kappa shape index (κ1) is 16.8. The smallest absolute Gasteiger partial charge is 0.191 e. The van der Waals surface area contributed by atoms with E-state index in [0.717, 1.165) is 44.6 Å². The molecular formula is C19H28N4O. The van der Waals surface area contributed by atoms with Crippen molar-refractivity contribution in [1.29, 1.82) is 0 Å². The maximum Gasteiger partial charge on any atom is 0.191 e. The number of aryl methyl sites for hydroxylation is 1. The number of fused-ring (bicyclic) bond motifs is 1. The minimum Gasteiger partial charge on any atom is -0.379 e. The Morgan fingerprint density at radius 2 is 2.04 bits per heavy atom. The Kier molecular flexibility index (Phi) is 5.75. The SMILES string of the molecule is CN=C(NCCOCC1CC1)NCCc1c(C)[nH]c2ccccc12. The summed E-state index contributed by atoms with van der Waals surface area (Å²) in [5.41, 5.74) is 3.83. The molecule has 3 N–H and O–H groups in total. The molecule has 0 amide bonds. The van der Waals surface area contributed by atoms with Gasteiger partial charge in [0.2, 0.25) is 0 Å². The second-order valence-electron chi connectivity index (χ2n) is 6.47. The summed E-state index contributed by atoms with van der Waals surface area (Å²) in [6, 6.07) is 8.46. The van der Waals surface area contributed by atoms with E-state index in [2.05, 4.69) is 51.8 Å². The van der Waals surface area contributed by atoms with Crippen LogP contribution in [-0.4, -0.2) is 44.3 Å². The van der Waals surface area contributed by atoms with E-state index in [1.807, 2.05) is 0 Å². The number of aliphatic imine (C=N–C) groups is 1. The number of guanidine groups is 1. The van der Waals surface area contributed by atoms with Crippen molar-refractivity contribution < 1.29 is 4.74 Å². The van der Waals surface area contributed by atoms with Gasteiger partial charge >= 0.3 is 0 Å². The summed E-state index contributed by atoms with van der Waals surface area (Å²) in [4.78, 5) is 7.72. The van der Waals surface area contributed by atoms with Crippen molar-refractivity contribution in [2.45, 2.75) is 26.2 Å². The molecule has 0 bridgehead atoms. The van der Waals surface area contributed by atoms with E-state index in [-0.39, 0.29) is 0 Å². The van der Waals surface area contributed by atoms with E-state index in [4.69, 9.17) is 4.74 Å². The summed E-state index contributed by atoms with van der Waals surface area (Å²) in [7, 11) is 1.80. The highest BCUT2D eigenvalue weighted by Crippen LogP contribution is 2.28. The minimum atomic E-state index is 0.735. The highest BCUT2D eigenvalue weighted by atomic mass is 16.5. The maximum absolute atomic E-state index is 5.63. The Labute approximate surface area is 143 Å². The van der Waals surface area contributed by atoms with Crippen LogP contribution in [0.2, 0.25) is 0 Å². The van der Waals surface area contributed by atoms with Gasteiger partial charge in [-0.15, -0.1) is 0 Å². The van der Waals surface area contributed by atoms with Crippen LogP contribution in [0.5, 0.6) is 0 Å². The molecule has 1 heterocycles. The van der Waals surface area contributed by atoms with Crippen LogP contribution in [0.3, 0.4) is 0 Å². The van der Waals surface area contributed by atoms with Crippen molar-refractivity contribution >= 4 is 16.9 Å². The summed E-state index contributed by atoms with van der Waals surface area (Å²) in [6.45, 7) is 5.43. The number of aromatic amines is 1. The fourth-order valence-electron chi connectivity index (χ4n) is 2.96. The lowest BCUT2D eigenvalue weighted by Gasteiger charge is -2.12. The molecule has 0 unspecified atom stereocenters. The van der Waals surface area contributed by atoms with E-state index < -0.39 is 0 Å². The number of hydrogen-bond acceptors (Lipinski definition) is 2. The zero-order valence-electron chi connectivity index (χ0n) is 14.7. The second-order valence-corrected chi connectivity index (χ2v) is 6.47. The molecule has 0 spiro atoms. The molecule has 2 aromatic rings. The van der Waals surface area contributed by atoms with Crippen molar-refractivity contribution in [2.24, 2.45) is 10.9 Å². The lowest BCUT2D eigenvalue weighted by atomic mass is 10.1.